The largest absolute Gasteiger partial charge is 0.467 e. The molecule has 2 fully saturated rings. The number of carbonyl (C=O) groups excluding carboxylic acids is 2. The van der Waals surface area contributed by atoms with Crippen LogP contribution in [0.15, 0.2) is 30.3 Å². The molecule has 6 nitrogen and oxygen atoms in total. The molecule has 4 atom stereocenters. The van der Waals surface area contributed by atoms with Crippen LogP contribution in [0.5, 0.6) is 0 Å². The van der Waals surface area contributed by atoms with Crippen molar-refractivity contribution in [2.75, 3.05) is 13.7 Å². The summed E-state index contributed by atoms with van der Waals surface area (Å²) in [5.74, 6) is -0.417. The Morgan fingerprint density at radius 2 is 2.09 bits per heavy atom. The van der Waals surface area contributed by atoms with Gasteiger partial charge in [0.25, 0.3) is 0 Å². The van der Waals surface area contributed by atoms with E-state index >= 15 is 0 Å². The van der Waals surface area contributed by atoms with E-state index < -0.39 is 18.1 Å². The topological polar surface area (TPSA) is 67.6 Å². The number of nitrogens with zero attached hydrogens (tertiary/aromatic N) is 1. The molecule has 1 unspecified atom stereocenters. The Morgan fingerprint density at radius 3 is 2.83 bits per heavy atom. The number of benzene rings is 1. The van der Waals surface area contributed by atoms with Crippen LogP contribution < -0.4 is 5.32 Å². The number of rotatable bonds is 5. The van der Waals surface area contributed by atoms with Crippen molar-refractivity contribution >= 4 is 12.1 Å². The minimum absolute atomic E-state index is 0.00507. The van der Waals surface area contributed by atoms with Gasteiger partial charge < -0.3 is 14.8 Å². The van der Waals surface area contributed by atoms with Crippen molar-refractivity contribution in [2.24, 2.45) is 0 Å². The first-order chi connectivity index (χ1) is 11.2. The second kappa shape index (κ2) is 7.00. The Bertz CT molecular complexity index is 563. The summed E-state index contributed by atoms with van der Waals surface area (Å²) in [6.45, 7) is 1.18. The fourth-order valence-electron chi connectivity index (χ4n) is 3.28. The van der Waals surface area contributed by atoms with E-state index in [0.29, 0.717) is 6.04 Å². The lowest BCUT2D eigenvalue weighted by molar-refractivity contribution is -0.144. The van der Waals surface area contributed by atoms with Gasteiger partial charge in [0.15, 0.2) is 0 Å². The number of amides is 1. The smallest absolute Gasteiger partial charge is 0.408 e. The number of hydrogen-bond acceptors (Lipinski definition) is 5. The van der Waals surface area contributed by atoms with Crippen LogP contribution in [-0.2, 0) is 20.9 Å². The molecular weight excluding hydrogens is 296 g/mol. The summed E-state index contributed by atoms with van der Waals surface area (Å²) in [5.41, 5.74) is 0.904. The zero-order valence-corrected chi connectivity index (χ0v) is 13.2. The van der Waals surface area contributed by atoms with Crippen molar-refractivity contribution in [2.45, 2.75) is 44.0 Å². The monoisotopic (exact) mass is 318 g/mol. The molecule has 2 aliphatic heterocycles. The minimum atomic E-state index is -0.673. The van der Waals surface area contributed by atoms with Gasteiger partial charge in [-0.05, 0) is 18.4 Å². The predicted octanol–water partition coefficient (Wildman–Crippen LogP) is 1.69. The number of esters is 1. The molecule has 0 aromatic heterocycles. The van der Waals surface area contributed by atoms with Gasteiger partial charge in [-0.15, -0.1) is 0 Å². The quantitative estimate of drug-likeness (QED) is 0.661. The van der Waals surface area contributed by atoms with Crippen LogP contribution in [0.25, 0.3) is 0 Å². The van der Waals surface area contributed by atoms with E-state index in [1.807, 2.05) is 30.3 Å². The van der Waals surface area contributed by atoms with Crippen molar-refractivity contribution < 1.29 is 19.1 Å². The van der Waals surface area contributed by atoms with Gasteiger partial charge in [-0.1, -0.05) is 36.8 Å². The summed E-state index contributed by atoms with van der Waals surface area (Å²) in [5, 5.41) is 2.69. The molecule has 6 heteroatoms. The number of carbonyl (C=O) groups is 2. The van der Waals surface area contributed by atoms with Crippen molar-refractivity contribution in [3.8, 4) is 0 Å². The number of ether oxygens (including phenoxy) is 2. The van der Waals surface area contributed by atoms with Crippen molar-refractivity contribution in [3.63, 3.8) is 0 Å². The Balaban J connectivity index is 1.57. The number of nitrogens with one attached hydrogen (secondary N) is 1. The molecular formula is C17H22N2O4. The molecule has 0 bridgehead atoms. The molecule has 0 spiro atoms. The van der Waals surface area contributed by atoms with Gasteiger partial charge in [0.1, 0.15) is 12.6 Å². The highest BCUT2D eigenvalue weighted by atomic mass is 16.6. The van der Waals surface area contributed by atoms with Crippen molar-refractivity contribution in [1.29, 1.82) is 0 Å². The molecule has 2 aliphatic rings. The highest BCUT2D eigenvalue weighted by molar-refractivity contribution is 5.82. The minimum Gasteiger partial charge on any atom is -0.467 e. The standard InChI is InChI=1S/C17H22N2O4/c1-22-16(20)15(14-9-5-8-13-10-19(13)14)18-17(21)23-11-12-6-3-2-4-7-12/h2-4,6-7,13-15H,5,8-11H2,1H3,(H,18,21)/t13-,14-,15+,19?/m0/s1. The number of methoxy groups -OCH3 is 1. The van der Waals surface area contributed by atoms with Gasteiger partial charge in [-0.2, -0.15) is 0 Å². The van der Waals surface area contributed by atoms with Gasteiger partial charge in [0.2, 0.25) is 0 Å². The maximum atomic E-state index is 12.1. The highest BCUT2D eigenvalue weighted by Crippen LogP contribution is 2.35. The fourth-order valence-corrected chi connectivity index (χ4v) is 3.28. The third-order valence-corrected chi connectivity index (χ3v) is 4.55. The summed E-state index contributed by atoms with van der Waals surface area (Å²) < 4.78 is 10.1. The predicted molar refractivity (Wildman–Crippen MR) is 83.7 cm³/mol. The first-order valence-electron chi connectivity index (χ1n) is 8.00. The third kappa shape index (κ3) is 3.82. The van der Waals surface area contributed by atoms with Crippen molar-refractivity contribution in [1.82, 2.24) is 10.2 Å². The number of piperidine rings is 1. The second-order valence-electron chi connectivity index (χ2n) is 6.06. The van der Waals surface area contributed by atoms with Crippen LogP contribution in [-0.4, -0.2) is 48.7 Å². The molecule has 124 valence electrons. The Labute approximate surface area is 135 Å². The van der Waals surface area contributed by atoms with Crippen LogP contribution >= 0.6 is 0 Å². The van der Waals surface area contributed by atoms with E-state index in [1.165, 1.54) is 13.5 Å². The SMILES string of the molecule is COC(=O)[C@H](NC(=O)OCc1ccccc1)[C@@H]1CCC[C@H]2CN21. The lowest BCUT2D eigenvalue weighted by Crippen LogP contribution is -2.53. The highest BCUT2D eigenvalue weighted by Gasteiger charge is 2.48. The van der Waals surface area contributed by atoms with E-state index in [-0.39, 0.29) is 12.6 Å². The zero-order chi connectivity index (χ0) is 16.2. The molecule has 2 heterocycles. The summed E-state index contributed by atoms with van der Waals surface area (Å²) in [6, 6.07) is 9.33. The molecule has 0 aliphatic carbocycles. The van der Waals surface area contributed by atoms with Crippen LogP contribution in [0.2, 0.25) is 0 Å². The maximum absolute atomic E-state index is 12.1. The van der Waals surface area contributed by atoms with E-state index in [2.05, 4.69) is 10.2 Å². The van der Waals surface area contributed by atoms with Crippen LogP contribution in [0.3, 0.4) is 0 Å². The summed E-state index contributed by atoms with van der Waals surface area (Å²) >= 11 is 0. The Morgan fingerprint density at radius 1 is 1.30 bits per heavy atom. The average Bonchev–Trinajstić information content (AvgIpc) is 3.38. The van der Waals surface area contributed by atoms with Gasteiger partial charge in [0.05, 0.1) is 7.11 Å². The normalized spacial score (nSPS) is 26.6. The molecule has 3 rings (SSSR count). The molecule has 1 N–H and O–H groups in total. The molecule has 1 aromatic rings. The third-order valence-electron chi connectivity index (χ3n) is 4.55. The van der Waals surface area contributed by atoms with Crippen LogP contribution in [0, 0.1) is 0 Å². The number of fused-ring (bicyclic) bond motifs is 1. The molecule has 23 heavy (non-hydrogen) atoms. The van der Waals surface area contributed by atoms with E-state index in [0.717, 1.165) is 24.9 Å². The van der Waals surface area contributed by atoms with Crippen molar-refractivity contribution in [3.05, 3.63) is 35.9 Å². The van der Waals surface area contributed by atoms with E-state index in [4.69, 9.17) is 9.47 Å². The number of alkyl carbamates (subject to hydrolysis) is 1. The average molecular weight is 318 g/mol. The van der Waals surface area contributed by atoms with Gasteiger partial charge in [-0.3, -0.25) is 4.90 Å². The van der Waals surface area contributed by atoms with E-state index in [1.54, 1.807) is 0 Å². The Kier molecular flexibility index (Phi) is 4.81. The molecule has 0 saturated carbocycles. The van der Waals surface area contributed by atoms with Crippen LogP contribution in [0.1, 0.15) is 24.8 Å². The molecule has 0 radical (unpaired) electrons. The van der Waals surface area contributed by atoms with E-state index in [9.17, 15) is 9.59 Å². The summed E-state index contributed by atoms with van der Waals surface area (Å²) in [4.78, 5) is 26.4. The second-order valence-corrected chi connectivity index (χ2v) is 6.06. The maximum Gasteiger partial charge on any atom is 0.408 e. The zero-order valence-electron chi connectivity index (χ0n) is 13.2. The summed E-state index contributed by atoms with van der Waals surface area (Å²) in [7, 11) is 1.34. The van der Waals surface area contributed by atoms with Gasteiger partial charge >= 0.3 is 12.1 Å². The van der Waals surface area contributed by atoms with Crippen LogP contribution in [0.4, 0.5) is 4.79 Å². The van der Waals surface area contributed by atoms with Gasteiger partial charge in [-0.25, -0.2) is 9.59 Å². The molecule has 1 aromatic carbocycles. The molecule has 2 saturated heterocycles. The molecule has 1 amide bonds. The first-order valence-corrected chi connectivity index (χ1v) is 8.00. The number of hydrogen-bond donors (Lipinski definition) is 1. The first kappa shape index (κ1) is 15.8. The summed E-state index contributed by atoms with van der Waals surface area (Å²) in [6.07, 6.45) is 2.53. The lowest BCUT2D eigenvalue weighted by Gasteiger charge is -2.30. The Hall–Kier alpha value is -2.08. The van der Waals surface area contributed by atoms with Gasteiger partial charge in [0, 0.05) is 18.6 Å². The lowest BCUT2D eigenvalue weighted by atomic mass is 9.98. The fraction of sp³-hybridized carbons (Fsp3) is 0.529.